The van der Waals surface area contributed by atoms with Gasteiger partial charge in [-0.25, -0.2) is 9.18 Å². The quantitative estimate of drug-likeness (QED) is 0.770. The van der Waals surface area contributed by atoms with Gasteiger partial charge in [0.15, 0.2) is 5.17 Å². The largest absolute Gasteiger partial charge is 0.331 e. The number of carbonyl (C=O) groups is 1. The molecule has 17 heavy (non-hydrogen) atoms. The van der Waals surface area contributed by atoms with Crippen molar-refractivity contribution in [1.29, 1.82) is 0 Å². The summed E-state index contributed by atoms with van der Waals surface area (Å²) >= 11 is 1.47. The number of amides is 2. The van der Waals surface area contributed by atoms with E-state index in [1.807, 2.05) is 0 Å². The van der Waals surface area contributed by atoms with Gasteiger partial charge in [0.05, 0.1) is 5.88 Å². The van der Waals surface area contributed by atoms with Crippen molar-refractivity contribution in [3.05, 3.63) is 30.1 Å². The lowest BCUT2D eigenvalue weighted by Crippen LogP contribution is -2.48. The second-order valence-electron chi connectivity index (χ2n) is 3.53. The van der Waals surface area contributed by atoms with E-state index in [0.29, 0.717) is 16.7 Å². The van der Waals surface area contributed by atoms with Crippen LogP contribution in [-0.2, 0) is 0 Å². The molecule has 0 bridgehead atoms. The molecule has 1 aromatic carbocycles. The molecular formula is C11H12FN3OS. The second kappa shape index (κ2) is 4.75. The summed E-state index contributed by atoms with van der Waals surface area (Å²) in [6, 6.07) is 5.72. The van der Waals surface area contributed by atoms with Crippen LogP contribution in [0.2, 0.25) is 0 Å². The standard InChI is InChI=1S/C11H12FN3OS/c1-13-10-14(2)11(16)15(7-17-10)9-5-3-8(12)4-6-9/h3-6H,7H2,1-2H3. The monoisotopic (exact) mass is 253 g/mol. The van der Waals surface area contributed by atoms with Crippen molar-refractivity contribution in [2.24, 2.45) is 4.99 Å². The van der Waals surface area contributed by atoms with Gasteiger partial charge in [-0.05, 0) is 24.3 Å². The zero-order chi connectivity index (χ0) is 12.4. The third-order valence-electron chi connectivity index (χ3n) is 2.46. The summed E-state index contributed by atoms with van der Waals surface area (Å²) in [7, 11) is 3.33. The van der Waals surface area contributed by atoms with E-state index in [9.17, 15) is 9.18 Å². The Kier molecular flexibility index (Phi) is 3.33. The number of aliphatic imine (C=N–C) groups is 1. The molecule has 0 unspecified atom stereocenters. The lowest BCUT2D eigenvalue weighted by atomic mass is 10.3. The highest BCUT2D eigenvalue weighted by Crippen LogP contribution is 2.25. The van der Waals surface area contributed by atoms with Gasteiger partial charge in [0.1, 0.15) is 5.82 Å². The van der Waals surface area contributed by atoms with E-state index in [4.69, 9.17) is 0 Å². The number of benzene rings is 1. The minimum atomic E-state index is -0.310. The third kappa shape index (κ3) is 2.26. The number of rotatable bonds is 1. The molecule has 2 amide bonds. The van der Waals surface area contributed by atoms with Gasteiger partial charge in [0, 0.05) is 19.8 Å². The van der Waals surface area contributed by atoms with Gasteiger partial charge in [-0.15, -0.1) is 0 Å². The average Bonchev–Trinajstić information content (AvgIpc) is 2.34. The lowest BCUT2D eigenvalue weighted by molar-refractivity contribution is 0.233. The number of amidine groups is 1. The number of thioether (sulfide) groups is 1. The molecule has 1 aliphatic rings. The zero-order valence-corrected chi connectivity index (χ0v) is 10.4. The molecule has 0 radical (unpaired) electrons. The maximum atomic E-state index is 12.8. The molecule has 1 fully saturated rings. The van der Waals surface area contributed by atoms with E-state index in [-0.39, 0.29) is 11.8 Å². The predicted molar refractivity (Wildman–Crippen MR) is 67.9 cm³/mol. The molecular weight excluding hydrogens is 241 g/mol. The number of nitrogens with zero attached hydrogens (tertiary/aromatic N) is 3. The van der Waals surface area contributed by atoms with Crippen LogP contribution in [0.25, 0.3) is 0 Å². The molecule has 2 rings (SSSR count). The first-order valence-electron chi connectivity index (χ1n) is 5.04. The summed E-state index contributed by atoms with van der Waals surface area (Å²) in [5.74, 6) is 0.177. The fourth-order valence-electron chi connectivity index (χ4n) is 1.56. The Morgan fingerprint density at radius 3 is 2.59 bits per heavy atom. The summed E-state index contributed by atoms with van der Waals surface area (Å²) in [5, 5.41) is 0.688. The molecule has 0 spiro atoms. The van der Waals surface area contributed by atoms with Gasteiger partial charge in [0.25, 0.3) is 0 Å². The molecule has 1 heterocycles. The van der Waals surface area contributed by atoms with Crippen LogP contribution in [0.3, 0.4) is 0 Å². The normalized spacial score (nSPS) is 19.0. The number of halogens is 1. The number of anilines is 1. The van der Waals surface area contributed by atoms with E-state index in [2.05, 4.69) is 4.99 Å². The second-order valence-corrected chi connectivity index (χ2v) is 4.44. The highest BCUT2D eigenvalue weighted by atomic mass is 32.2. The smallest absolute Gasteiger partial charge is 0.284 e. The highest BCUT2D eigenvalue weighted by molar-refractivity contribution is 8.14. The maximum Gasteiger partial charge on any atom is 0.331 e. The fraction of sp³-hybridized carbons (Fsp3) is 0.273. The maximum absolute atomic E-state index is 12.8. The summed E-state index contributed by atoms with van der Waals surface area (Å²) in [6.45, 7) is 0. The van der Waals surface area contributed by atoms with Crippen LogP contribution in [-0.4, -0.2) is 36.1 Å². The molecule has 0 atom stereocenters. The minimum absolute atomic E-state index is 0.157. The Morgan fingerprint density at radius 1 is 1.35 bits per heavy atom. The summed E-state index contributed by atoms with van der Waals surface area (Å²) in [5.41, 5.74) is 0.686. The average molecular weight is 253 g/mol. The van der Waals surface area contributed by atoms with Crippen LogP contribution >= 0.6 is 11.8 Å². The Bertz CT molecular complexity index is 460. The first kappa shape index (κ1) is 11.9. The van der Waals surface area contributed by atoms with Crippen molar-refractivity contribution in [2.75, 3.05) is 24.9 Å². The number of hydrogen-bond acceptors (Lipinski definition) is 3. The van der Waals surface area contributed by atoms with Crippen molar-refractivity contribution >= 4 is 28.6 Å². The van der Waals surface area contributed by atoms with Gasteiger partial charge in [-0.3, -0.25) is 14.8 Å². The minimum Gasteiger partial charge on any atom is -0.284 e. The molecule has 6 heteroatoms. The van der Waals surface area contributed by atoms with Crippen LogP contribution in [0.5, 0.6) is 0 Å². The third-order valence-corrected chi connectivity index (χ3v) is 3.56. The van der Waals surface area contributed by atoms with Gasteiger partial charge in [-0.1, -0.05) is 11.8 Å². The Labute approximate surface area is 103 Å². The van der Waals surface area contributed by atoms with Gasteiger partial charge in [0.2, 0.25) is 0 Å². The fourth-order valence-corrected chi connectivity index (χ4v) is 2.46. The molecule has 90 valence electrons. The molecule has 1 aromatic rings. The van der Waals surface area contributed by atoms with E-state index in [1.165, 1.54) is 28.8 Å². The Morgan fingerprint density at radius 2 is 2.00 bits per heavy atom. The Hall–Kier alpha value is -1.56. The number of hydrogen-bond donors (Lipinski definition) is 0. The first-order valence-corrected chi connectivity index (χ1v) is 6.02. The van der Waals surface area contributed by atoms with Gasteiger partial charge < -0.3 is 0 Å². The van der Waals surface area contributed by atoms with Gasteiger partial charge in [-0.2, -0.15) is 0 Å². The molecule has 0 aliphatic carbocycles. The lowest BCUT2D eigenvalue weighted by Gasteiger charge is -2.33. The zero-order valence-electron chi connectivity index (χ0n) is 9.55. The Balaban J connectivity index is 2.24. The van der Waals surface area contributed by atoms with Crippen molar-refractivity contribution in [1.82, 2.24) is 4.90 Å². The van der Waals surface area contributed by atoms with Crippen molar-refractivity contribution < 1.29 is 9.18 Å². The van der Waals surface area contributed by atoms with E-state index in [1.54, 1.807) is 31.1 Å². The molecule has 4 nitrogen and oxygen atoms in total. The predicted octanol–water partition coefficient (Wildman–Crippen LogP) is 2.37. The van der Waals surface area contributed by atoms with Crippen LogP contribution in [0.1, 0.15) is 0 Å². The van der Waals surface area contributed by atoms with Crippen LogP contribution in [0.4, 0.5) is 14.9 Å². The molecule has 0 saturated carbocycles. The number of carbonyl (C=O) groups excluding carboxylic acids is 1. The highest BCUT2D eigenvalue weighted by Gasteiger charge is 2.28. The number of urea groups is 1. The SMILES string of the molecule is CN=C1SCN(c2ccc(F)cc2)C(=O)N1C. The van der Waals surface area contributed by atoms with E-state index < -0.39 is 0 Å². The van der Waals surface area contributed by atoms with Gasteiger partial charge >= 0.3 is 6.03 Å². The van der Waals surface area contributed by atoms with E-state index >= 15 is 0 Å². The van der Waals surface area contributed by atoms with Crippen LogP contribution in [0.15, 0.2) is 29.3 Å². The first-order chi connectivity index (χ1) is 8.13. The van der Waals surface area contributed by atoms with Crippen molar-refractivity contribution in [3.63, 3.8) is 0 Å². The van der Waals surface area contributed by atoms with E-state index in [0.717, 1.165) is 0 Å². The van der Waals surface area contributed by atoms with Crippen molar-refractivity contribution in [3.8, 4) is 0 Å². The van der Waals surface area contributed by atoms with Crippen LogP contribution < -0.4 is 4.90 Å². The topological polar surface area (TPSA) is 35.9 Å². The molecule has 0 N–H and O–H groups in total. The molecule has 1 saturated heterocycles. The van der Waals surface area contributed by atoms with Crippen LogP contribution in [0, 0.1) is 5.82 Å². The molecule has 1 aliphatic heterocycles. The molecule has 0 aromatic heterocycles. The summed E-state index contributed by atoms with van der Waals surface area (Å²) in [4.78, 5) is 19.1. The summed E-state index contributed by atoms with van der Waals surface area (Å²) < 4.78 is 12.8. The summed E-state index contributed by atoms with van der Waals surface area (Å²) in [6.07, 6.45) is 0. The van der Waals surface area contributed by atoms with Crippen molar-refractivity contribution in [2.45, 2.75) is 0 Å².